The maximum absolute atomic E-state index is 11.5. The van der Waals surface area contributed by atoms with E-state index in [1.165, 1.54) is 6.20 Å². The van der Waals surface area contributed by atoms with Crippen LogP contribution in [0.3, 0.4) is 0 Å². The minimum absolute atomic E-state index is 0.0266. The lowest BCUT2D eigenvalue weighted by molar-refractivity contribution is 0.0533. The Kier molecular flexibility index (Phi) is 5.05. The molecule has 1 aromatic rings. The Morgan fingerprint density at radius 1 is 1.40 bits per heavy atom. The molecule has 106 valence electrons. The number of aromatic nitrogens is 2. The molecule has 1 N–H and O–H groups in total. The zero-order valence-electron chi connectivity index (χ0n) is 11.1. The lowest BCUT2D eigenvalue weighted by Gasteiger charge is -2.18. The third-order valence-corrected chi connectivity index (χ3v) is 2.02. The van der Waals surface area contributed by atoms with Crippen molar-refractivity contribution in [1.82, 2.24) is 15.3 Å². The molecule has 0 saturated carbocycles. The minimum Gasteiger partial charge on any atom is -0.443 e. The Labute approximate surface area is 124 Å². The summed E-state index contributed by atoms with van der Waals surface area (Å²) in [6.45, 7) is 4.98. The summed E-state index contributed by atoms with van der Waals surface area (Å²) in [6, 6.07) is 0. The largest absolute Gasteiger partial charge is 0.443 e. The fourth-order valence-corrected chi connectivity index (χ4v) is 1.31. The first-order chi connectivity index (χ1) is 9.21. The molecule has 1 rings (SSSR count). The molecule has 1 heterocycles. The van der Waals surface area contributed by atoms with Crippen LogP contribution in [0.2, 0.25) is 0 Å². The number of carbonyl (C=O) groups is 2. The molecule has 0 spiro atoms. The topological polar surface area (TPSA) is 90.4 Å². The zero-order valence-corrected chi connectivity index (χ0v) is 12.6. The third-order valence-electron chi connectivity index (χ3n) is 1.64. The molecule has 0 bridgehead atoms. The highest BCUT2D eigenvalue weighted by atomic mass is 79.9. The first-order valence-electron chi connectivity index (χ1n) is 5.42. The van der Waals surface area contributed by atoms with E-state index in [1.54, 1.807) is 20.8 Å². The van der Waals surface area contributed by atoms with Crippen LogP contribution in [0, 0.1) is 12.3 Å². The molecule has 0 aromatic carbocycles. The fraction of sp³-hybridized carbons (Fsp3) is 0.333. The van der Waals surface area contributed by atoms with Gasteiger partial charge < -0.3 is 9.47 Å². The van der Waals surface area contributed by atoms with Gasteiger partial charge in [-0.3, -0.25) is 0 Å². The number of alkyl carbamates (subject to hydrolysis) is 1. The summed E-state index contributed by atoms with van der Waals surface area (Å²) in [4.78, 5) is 30.5. The summed E-state index contributed by atoms with van der Waals surface area (Å²) in [7, 11) is 0. The van der Waals surface area contributed by atoms with E-state index in [1.807, 2.05) is 5.32 Å². The van der Waals surface area contributed by atoms with Crippen LogP contribution in [-0.4, -0.2) is 27.8 Å². The minimum atomic E-state index is -1.06. The summed E-state index contributed by atoms with van der Waals surface area (Å²) >= 11 is 3.08. The number of ether oxygens (including phenoxy) is 2. The second-order valence-electron chi connectivity index (χ2n) is 4.51. The molecule has 0 aliphatic rings. The molecular weight excluding hydrogens is 330 g/mol. The van der Waals surface area contributed by atoms with Crippen LogP contribution in [0.15, 0.2) is 10.8 Å². The number of halogens is 1. The Balaban J connectivity index is 2.68. The van der Waals surface area contributed by atoms with Crippen molar-refractivity contribution in [3.8, 4) is 18.2 Å². The van der Waals surface area contributed by atoms with Crippen LogP contribution in [0.25, 0.3) is 0 Å². The van der Waals surface area contributed by atoms with E-state index in [0.29, 0.717) is 4.60 Å². The number of hydrogen-bond donors (Lipinski definition) is 1. The van der Waals surface area contributed by atoms with Gasteiger partial charge in [-0.1, -0.05) is 0 Å². The smallest absolute Gasteiger partial charge is 0.423 e. The molecule has 0 aliphatic carbocycles. The van der Waals surface area contributed by atoms with E-state index in [9.17, 15) is 9.59 Å². The van der Waals surface area contributed by atoms with E-state index in [4.69, 9.17) is 15.9 Å². The van der Waals surface area contributed by atoms with Crippen molar-refractivity contribution in [3.63, 3.8) is 0 Å². The number of imide groups is 1. The quantitative estimate of drug-likeness (QED) is 0.787. The summed E-state index contributed by atoms with van der Waals surface area (Å²) in [6.07, 6.45) is 4.51. The Morgan fingerprint density at radius 3 is 2.60 bits per heavy atom. The molecule has 7 nitrogen and oxygen atoms in total. The second-order valence-corrected chi connectivity index (χ2v) is 5.32. The van der Waals surface area contributed by atoms with Crippen molar-refractivity contribution >= 4 is 28.1 Å². The normalized spacial score (nSPS) is 10.3. The van der Waals surface area contributed by atoms with Crippen LogP contribution in [0.1, 0.15) is 26.5 Å². The highest BCUT2D eigenvalue weighted by molar-refractivity contribution is 9.10. The van der Waals surface area contributed by atoms with Gasteiger partial charge in [-0.15, -0.1) is 6.42 Å². The van der Waals surface area contributed by atoms with Gasteiger partial charge >= 0.3 is 12.2 Å². The first-order valence-corrected chi connectivity index (χ1v) is 6.21. The predicted octanol–water partition coefficient (Wildman–Crippen LogP) is 2.24. The van der Waals surface area contributed by atoms with Gasteiger partial charge in [0.05, 0.1) is 6.20 Å². The third kappa shape index (κ3) is 5.24. The van der Waals surface area contributed by atoms with Gasteiger partial charge in [-0.25, -0.2) is 24.9 Å². The van der Waals surface area contributed by atoms with Crippen LogP contribution in [0.4, 0.5) is 9.59 Å². The number of nitrogens with zero attached hydrogens (tertiary/aromatic N) is 2. The van der Waals surface area contributed by atoms with Gasteiger partial charge in [0.1, 0.15) is 10.2 Å². The van der Waals surface area contributed by atoms with E-state index in [0.717, 1.165) is 0 Å². The summed E-state index contributed by atoms with van der Waals surface area (Å²) in [5.41, 5.74) is -0.704. The van der Waals surface area contributed by atoms with Crippen LogP contribution in [0.5, 0.6) is 5.88 Å². The molecule has 20 heavy (non-hydrogen) atoms. The van der Waals surface area contributed by atoms with E-state index < -0.39 is 17.8 Å². The molecule has 1 aromatic heterocycles. The Hall–Kier alpha value is -2.14. The van der Waals surface area contributed by atoms with Crippen molar-refractivity contribution < 1.29 is 19.1 Å². The van der Waals surface area contributed by atoms with Crippen molar-refractivity contribution in [2.24, 2.45) is 0 Å². The molecule has 0 fully saturated rings. The SMILES string of the molecule is C#Cc1nc(Br)cnc1OC(=O)NC(=O)OC(C)(C)C. The summed E-state index contributed by atoms with van der Waals surface area (Å²) in [5, 5.41) is 1.88. The molecule has 0 saturated heterocycles. The fourth-order valence-electron chi connectivity index (χ4n) is 1.03. The van der Waals surface area contributed by atoms with Crippen LogP contribution < -0.4 is 10.1 Å². The number of carbonyl (C=O) groups excluding carboxylic acids is 2. The first kappa shape index (κ1) is 15.9. The van der Waals surface area contributed by atoms with Gasteiger partial charge in [0.25, 0.3) is 5.88 Å². The summed E-state index contributed by atoms with van der Waals surface area (Å²) in [5.74, 6) is 2.02. The molecule has 0 aliphatic heterocycles. The molecule has 8 heteroatoms. The van der Waals surface area contributed by atoms with E-state index >= 15 is 0 Å². The predicted molar refractivity (Wildman–Crippen MR) is 73.1 cm³/mol. The number of hydrogen-bond acceptors (Lipinski definition) is 6. The molecule has 0 atom stereocenters. The average molecular weight is 342 g/mol. The van der Waals surface area contributed by atoms with Gasteiger partial charge in [-0.2, -0.15) is 0 Å². The highest BCUT2D eigenvalue weighted by Crippen LogP contribution is 2.15. The van der Waals surface area contributed by atoms with E-state index in [2.05, 4.69) is 31.8 Å². The maximum atomic E-state index is 11.5. The van der Waals surface area contributed by atoms with Crippen LogP contribution in [-0.2, 0) is 4.74 Å². The lowest BCUT2D eigenvalue weighted by Crippen LogP contribution is -2.38. The van der Waals surface area contributed by atoms with Crippen molar-refractivity contribution in [1.29, 1.82) is 0 Å². The number of terminal acetylenes is 1. The molecule has 0 radical (unpaired) electrons. The zero-order chi connectivity index (χ0) is 15.3. The van der Waals surface area contributed by atoms with E-state index in [-0.39, 0.29) is 11.6 Å². The van der Waals surface area contributed by atoms with Gasteiger partial charge in [-0.05, 0) is 42.6 Å². The van der Waals surface area contributed by atoms with Crippen molar-refractivity contribution in [3.05, 3.63) is 16.5 Å². The van der Waals surface area contributed by atoms with Gasteiger partial charge in [0.2, 0.25) is 0 Å². The van der Waals surface area contributed by atoms with Gasteiger partial charge in [0, 0.05) is 0 Å². The number of rotatable bonds is 1. The standard InChI is InChI=1S/C12H12BrN3O4/c1-5-7-9(14-6-8(13)15-7)19-10(17)16-11(18)20-12(2,3)4/h1,6H,2-4H3,(H,16,17,18). The van der Waals surface area contributed by atoms with Crippen molar-refractivity contribution in [2.75, 3.05) is 0 Å². The average Bonchev–Trinajstić information content (AvgIpc) is 2.28. The summed E-state index contributed by atoms with van der Waals surface area (Å²) < 4.78 is 10.1. The molecule has 2 amide bonds. The number of amides is 2. The van der Waals surface area contributed by atoms with Gasteiger partial charge in [0.15, 0.2) is 5.69 Å². The monoisotopic (exact) mass is 341 g/mol. The molecule has 0 unspecified atom stereocenters. The lowest BCUT2D eigenvalue weighted by atomic mass is 10.2. The second kappa shape index (κ2) is 6.34. The Morgan fingerprint density at radius 2 is 2.05 bits per heavy atom. The molecular formula is C12H12BrN3O4. The Bertz CT molecular complexity index is 575. The van der Waals surface area contributed by atoms with Crippen molar-refractivity contribution in [2.45, 2.75) is 26.4 Å². The maximum Gasteiger partial charge on any atom is 0.423 e. The number of nitrogens with one attached hydrogen (secondary N) is 1. The highest BCUT2D eigenvalue weighted by Gasteiger charge is 2.20. The van der Waals surface area contributed by atoms with Crippen LogP contribution >= 0.6 is 15.9 Å².